The van der Waals surface area contributed by atoms with Gasteiger partial charge in [-0.25, -0.2) is 8.42 Å². The maximum Gasteiger partial charge on any atom is 1.00 e. The van der Waals surface area contributed by atoms with E-state index >= 15 is 0 Å². The van der Waals surface area contributed by atoms with Crippen LogP contribution in [0.3, 0.4) is 0 Å². The van der Waals surface area contributed by atoms with Crippen molar-refractivity contribution >= 4 is 21.7 Å². The summed E-state index contributed by atoms with van der Waals surface area (Å²) in [6.07, 6.45) is 5.52. The third kappa shape index (κ3) is 9.59. The van der Waals surface area contributed by atoms with E-state index in [9.17, 15) is 22.9 Å². The van der Waals surface area contributed by atoms with E-state index < -0.39 is 22.0 Å². The first-order valence-electron chi connectivity index (χ1n) is 8.56. The van der Waals surface area contributed by atoms with Gasteiger partial charge in [-0.1, -0.05) is 25.5 Å². The Morgan fingerprint density at radius 2 is 2.04 bits per heavy atom. The minimum Gasteiger partial charge on any atom is -0.748 e. The van der Waals surface area contributed by atoms with Crippen LogP contribution >= 0.6 is 0 Å². The molecule has 0 amide bonds. The van der Waals surface area contributed by atoms with Crippen molar-refractivity contribution in [1.29, 1.82) is 0 Å². The van der Waals surface area contributed by atoms with Crippen LogP contribution in [-0.4, -0.2) is 88.9 Å². The van der Waals surface area contributed by atoms with Crippen molar-refractivity contribution in [3.05, 3.63) is 12.2 Å². The van der Waals surface area contributed by atoms with Crippen LogP contribution in [0.1, 0.15) is 32.6 Å². The van der Waals surface area contributed by atoms with Crippen LogP contribution in [0.25, 0.3) is 0 Å². The average molecular weight is 399 g/mol. The molecule has 1 unspecified atom stereocenters. The molecule has 1 heterocycles. The van der Waals surface area contributed by atoms with E-state index in [0.717, 1.165) is 12.8 Å². The molecule has 1 rings (SSSR count). The molecule has 10 heteroatoms. The van der Waals surface area contributed by atoms with Crippen molar-refractivity contribution in [2.45, 2.75) is 38.7 Å². The first-order chi connectivity index (χ1) is 11.8. The van der Waals surface area contributed by atoms with Gasteiger partial charge in [-0.3, -0.25) is 14.3 Å². The number of β-amino-alcohol motifs (C(OH)–C–C–N with tert-alkyl or cyclic N) is 2. The molecule has 0 fully saturated rings. The van der Waals surface area contributed by atoms with Gasteiger partial charge in [-0.15, -0.1) is 0 Å². The summed E-state index contributed by atoms with van der Waals surface area (Å²) in [5, 5.41) is 19.0. The van der Waals surface area contributed by atoms with E-state index in [1.54, 1.807) is 9.48 Å². The Morgan fingerprint density at radius 3 is 2.62 bits per heavy atom. The molecule has 0 bridgehead atoms. The monoisotopic (exact) mass is 399 g/mol. The summed E-state index contributed by atoms with van der Waals surface area (Å²) >= 11 is 0. The van der Waals surface area contributed by atoms with Crippen molar-refractivity contribution < 1.29 is 62.1 Å². The van der Waals surface area contributed by atoms with Crippen LogP contribution in [0.5, 0.6) is 0 Å². The van der Waals surface area contributed by atoms with Crippen molar-refractivity contribution in [2.24, 2.45) is 0 Å². The molecule has 1 aliphatic heterocycles. The first-order valence-corrected chi connectivity index (χ1v) is 10.1. The van der Waals surface area contributed by atoms with E-state index in [4.69, 9.17) is 5.11 Å². The van der Waals surface area contributed by atoms with E-state index in [-0.39, 0.29) is 48.5 Å². The number of unbranched alkanes of at least 4 members (excludes halogenated alkanes) is 1. The van der Waals surface area contributed by atoms with Crippen molar-refractivity contribution in [3.8, 4) is 0 Å². The zero-order valence-electron chi connectivity index (χ0n) is 15.6. The Balaban J connectivity index is 0.00000625. The minimum absolute atomic E-state index is 0. The maximum atomic E-state index is 12.5. The summed E-state index contributed by atoms with van der Waals surface area (Å²) < 4.78 is 33.9. The number of amidine groups is 1. The molecule has 2 N–H and O–H groups in total. The third-order valence-electron chi connectivity index (χ3n) is 3.85. The smallest absolute Gasteiger partial charge is 0.748 e. The number of rotatable bonds is 12. The number of Topliss-reactive ketones (excluding diaryl/α,β-unsaturated/α-hetero) is 1. The van der Waals surface area contributed by atoms with E-state index in [0.29, 0.717) is 38.3 Å². The molecule has 8 nitrogen and oxygen atoms in total. The number of carbonyl (C=O) groups excluding carboxylic acids is 1. The Labute approximate surface area is 177 Å². The maximum absolute atomic E-state index is 12.5. The fourth-order valence-electron chi connectivity index (χ4n) is 2.79. The molecule has 0 saturated heterocycles. The fraction of sp³-hybridized carbons (Fsp3) is 0.750. The van der Waals surface area contributed by atoms with Gasteiger partial charge in [0.1, 0.15) is 32.3 Å². The van der Waals surface area contributed by atoms with E-state index in [2.05, 4.69) is 6.92 Å². The second-order valence-corrected chi connectivity index (χ2v) is 7.53. The summed E-state index contributed by atoms with van der Waals surface area (Å²) in [5.41, 5.74) is 0. The number of hydrogen-bond donors (Lipinski definition) is 2. The molecular formula is C16H28N2NaO6S+. The Bertz CT molecular complexity index is 606. The van der Waals surface area contributed by atoms with Crippen LogP contribution < -0.4 is 29.6 Å². The van der Waals surface area contributed by atoms with Crippen LogP contribution in [0.15, 0.2) is 12.2 Å². The third-order valence-corrected chi connectivity index (χ3v) is 4.64. The number of carbonyl (C=O) groups is 1. The molecule has 0 radical (unpaired) electrons. The number of aliphatic hydroxyl groups excluding tert-OH is 2. The number of hydrogen-bond acceptors (Lipinski definition) is 7. The van der Waals surface area contributed by atoms with Gasteiger partial charge in [0.05, 0.1) is 22.5 Å². The zero-order valence-corrected chi connectivity index (χ0v) is 18.4. The summed E-state index contributed by atoms with van der Waals surface area (Å²) in [7, 11) is -4.53. The van der Waals surface area contributed by atoms with Crippen LogP contribution in [-0.2, 0) is 14.9 Å². The molecule has 144 valence electrons. The summed E-state index contributed by atoms with van der Waals surface area (Å²) in [6.45, 7) is 3.09. The van der Waals surface area contributed by atoms with Crippen molar-refractivity contribution in [1.82, 2.24) is 4.90 Å². The van der Waals surface area contributed by atoms with Gasteiger partial charge < -0.3 is 14.8 Å². The summed E-state index contributed by atoms with van der Waals surface area (Å²) in [6, 6.07) is 0. The molecule has 0 aromatic heterocycles. The molecule has 0 aliphatic carbocycles. The van der Waals surface area contributed by atoms with Gasteiger partial charge in [0.2, 0.25) is 5.78 Å². The number of ketones is 1. The molecule has 1 atom stereocenters. The standard InChI is InChI=1S/C16H28N2O6S.Na/c1-2-3-4-5-6-7-15(21)16-17(10-11-19)8-9-18(16)12-14(20)13-25(22,23)24;/h4-5,14,19-20H,2-3,6-13H2,1H3;/q;+1/b5-4+;. The van der Waals surface area contributed by atoms with Gasteiger partial charge in [0.15, 0.2) is 0 Å². The molecular weight excluding hydrogens is 371 g/mol. The second-order valence-electron chi connectivity index (χ2n) is 6.08. The van der Waals surface area contributed by atoms with E-state index in [1.807, 2.05) is 12.2 Å². The van der Waals surface area contributed by atoms with Crippen LogP contribution in [0.2, 0.25) is 0 Å². The Kier molecular flexibility index (Phi) is 12.8. The normalized spacial score (nSPS) is 16.2. The van der Waals surface area contributed by atoms with Crippen LogP contribution in [0.4, 0.5) is 0 Å². The van der Waals surface area contributed by atoms with Crippen molar-refractivity contribution in [3.63, 3.8) is 0 Å². The molecule has 26 heavy (non-hydrogen) atoms. The summed E-state index contributed by atoms with van der Waals surface area (Å²) in [4.78, 5) is 14.3. The first kappa shape index (κ1) is 25.7. The molecule has 0 spiro atoms. The van der Waals surface area contributed by atoms with Gasteiger partial charge in [0.25, 0.3) is 0 Å². The SMILES string of the molecule is CCC/C=C/CCC(=O)C1=[N+](CC(O)CS(=O)(=O)[O-])CCN1CCO.[Na+]. The predicted octanol–water partition coefficient (Wildman–Crippen LogP) is -3.68. The number of aliphatic hydroxyl groups is 2. The second kappa shape index (κ2) is 13.0. The predicted molar refractivity (Wildman–Crippen MR) is 92.5 cm³/mol. The quantitative estimate of drug-likeness (QED) is 0.150. The summed E-state index contributed by atoms with van der Waals surface area (Å²) in [5.74, 6) is -0.630. The minimum atomic E-state index is -4.53. The average Bonchev–Trinajstić information content (AvgIpc) is 2.87. The van der Waals surface area contributed by atoms with Crippen LogP contribution in [0, 0.1) is 0 Å². The molecule has 0 aromatic carbocycles. The zero-order chi connectivity index (χ0) is 18.9. The Hall–Kier alpha value is -0.290. The Morgan fingerprint density at radius 1 is 1.38 bits per heavy atom. The molecule has 1 aliphatic rings. The number of allylic oxidation sites excluding steroid dienone is 2. The van der Waals surface area contributed by atoms with Gasteiger partial charge >= 0.3 is 35.4 Å². The van der Waals surface area contributed by atoms with Gasteiger partial charge in [0, 0.05) is 6.42 Å². The molecule has 0 saturated carbocycles. The fourth-order valence-corrected chi connectivity index (χ4v) is 3.37. The molecule has 0 aromatic rings. The topological polar surface area (TPSA) is 121 Å². The largest absolute Gasteiger partial charge is 1.00 e. The van der Waals surface area contributed by atoms with E-state index in [1.165, 1.54) is 0 Å². The van der Waals surface area contributed by atoms with Gasteiger partial charge in [-0.05, 0) is 12.8 Å². The van der Waals surface area contributed by atoms with Crippen molar-refractivity contribution in [2.75, 3.05) is 38.5 Å². The van der Waals surface area contributed by atoms with Gasteiger partial charge in [-0.2, -0.15) is 0 Å². The number of nitrogens with zero attached hydrogens (tertiary/aromatic N) is 2.